The second-order valence-corrected chi connectivity index (χ2v) is 6.74. The highest BCUT2D eigenvalue weighted by Crippen LogP contribution is 2.32. The number of hydrogen-bond donors (Lipinski definition) is 2. The van der Waals surface area contributed by atoms with Gasteiger partial charge in [0, 0.05) is 18.5 Å². The maximum absolute atomic E-state index is 12.4. The van der Waals surface area contributed by atoms with Gasteiger partial charge in [-0.1, -0.05) is 18.0 Å². The van der Waals surface area contributed by atoms with Crippen LogP contribution in [0.2, 0.25) is 0 Å². The zero-order chi connectivity index (χ0) is 17.0. The number of aliphatic hydroxyl groups excluding tert-OH is 1. The van der Waals surface area contributed by atoms with Crippen LogP contribution in [0.15, 0.2) is 4.52 Å². The molecule has 1 aliphatic rings. The van der Waals surface area contributed by atoms with E-state index in [0.29, 0.717) is 11.8 Å². The lowest BCUT2D eigenvalue weighted by molar-refractivity contribution is 0.117. The maximum Gasteiger partial charge on any atom is 0.318 e. The summed E-state index contributed by atoms with van der Waals surface area (Å²) >= 11 is 0. The predicted octanol–water partition coefficient (Wildman–Crippen LogP) is 2.59. The molecule has 2 unspecified atom stereocenters. The first-order chi connectivity index (χ1) is 10.9. The van der Waals surface area contributed by atoms with Gasteiger partial charge in [-0.25, -0.2) is 4.79 Å². The number of urea groups is 1. The summed E-state index contributed by atoms with van der Waals surface area (Å²) in [5.41, 5.74) is 0. The number of carbonyl (C=O) groups is 1. The lowest BCUT2D eigenvalue weighted by Gasteiger charge is -2.29. The van der Waals surface area contributed by atoms with Crippen molar-refractivity contribution in [2.24, 2.45) is 0 Å². The largest absolute Gasteiger partial charge is 0.392 e. The molecule has 130 valence electrons. The van der Waals surface area contributed by atoms with E-state index in [4.69, 9.17) is 4.52 Å². The van der Waals surface area contributed by atoms with E-state index < -0.39 is 6.10 Å². The predicted molar refractivity (Wildman–Crippen MR) is 86.0 cm³/mol. The fourth-order valence-corrected chi connectivity index (χ4v) is 2.92. The first-order valence-electron chi connectivity index (χ1n) is 8.47. The number of carbonyl (C=O) groups excluding carboxylic acids is 1. The van der Waals surface area contributed by atoms with Crippen LogP contribution in [0.4, 0.5) is 4.79 Å². The minimum atomic E-state index is -0.573. The maximum atomic E-state index is 12.4. The van der Waals surface area contributed by atoms with Crippen molar-refractivity contribution in [1.29, 1.82) is 0 Å². The quantitative estimate of drug-likeness (QED) is 0.839. The van der Waals surface area contributed by atoms with E-state index in [0.717, 1.165) is 18.7 Å². The Hall–Kier alpha value is -1.63. The average Bonchev–Trinajstić information content (AvgIpc) is 3.14. The molecule has 1 saturated carbocycles. The van der Waals surface area contributed by atoms with E-state index in [2.05, 4.69) is 15.5 Å². The number of aromatic nitrogens is 2. The van der Waals surface area contributed by atoms with Crippen molar-refractivity contribution in [3.05, 3.63) is 11.7 Å². The molecule has 2 atom stereocenters. The van der Waals surface area contributed by atoms with E-state index in [1.54, 1.807) is 11.8 Å². The molecule has 0 bridgehead atoms. The van der Waals surface area contributed by atoms with Gasteiger partial charge >= 0.3 is 6.03 Å². The zero-order valence-corrected chi connectivity index (χ0v) is 14.5. The van der Waals surface area contributed by atoms with E-state index in [1.807, 2.05) is 20.8 Å². The smallest absolute Gasteiger partial charge is 0.318 e. The van der Waals surface area contributed by atoms with Gasteiger partial charge in [0.2, 0.25) is 5.89 Å². The van der Waals surface area contributed by atoms with Gasteiger partial charge in [-0.2, -0.15) is 4.98 Å². The standard InChI is InChI=1S/C16H28N4O3/c1-10(2)20(9-11(3)21)16(22)17-12(4)15-18-14(19-23-15)13-7-5-6-8-13/h10-13,21H,5-9H2,1-4H3,(H,17,22). The summed E-state index contributed by atoms with van der Waals surface area (Å²) in [6.07, 6.45) is 4.06. The van der Waals surface area contributed by atoms with Crippen molar-refractivity contribution in [3.63, 3.8) is 0 Å². The Labute approximate surface area is 137 Å². The Morgan fingerprint density at radius 3 is 2.57 bits per heavy atom. The van der Waals surface area contributed by atoms with E-state index >= 15 is 0 Å². The lowest BCUT2D eigenvalue weighted by atomic mass is 10.1. The molecule has 2 amide bonds. The molecule has 1 heterocycles. The Morgan fingerprint density at radius 1 is 1.35 bits per heavy atom. The topological polar surface area (TPSA) is 91.5 Å². The summed E-state index contributed by atoms with van der Waals surface area (Å²) in [7, 11) is 0. The molecule has 2 rings (SSSR count). The Kier molecular flexibility index (Phi) is 5.98. The Morgan fingerprint density at radius 2 is 2.00 bits per heavy atom. The van der Waals surface area contributed by atoms with Crippen molar-refractivity contribution in [2.75, 3.05) is 6.54 Å². The number of rotatable bonds is 6. The monoisotopic (exact) mass is 324 g/mol. The highest BCUT2D eigenvalue weighted by atomic mass is 16.5. The van der Waals surface area contributed by atoms with Crippen molar-refractivity contribution < 1.29 is 14.4 Å². The molecule has 0 aliphatic heterocycles. The van der Waals surface area contributed by atoms with Crippen molar-refractivity contribution in [3.8, 4) is 0 Å². The summed E-state index contributed by atoms with van der Waals surface area (Å²) in [5, 5.41) is 16.5. The Bertz CT molecular complexity index is 509. The zero-order valence-electron chi connectivity index (χ0n) is 14.5. The van der Waals surface area contributed by atoms with Crippen LogP contribution in [0, 0.1) is 0 Å². The van der Waals surface area contributed by atoms with Crippen LogP contribution in [0.25, 0.3) is 0 Å². The fraction of sp³-hybridized carbons (Fsp3) is 0.812. The van der Waals surface area contributed by atoms with Crippen molar-refractivity contribution in [2.45, 2.75) is 77.5 Å². The van der Waals surface area contributed by atoms with Gasteiger partial charge in [0.25, 0.3) is 0 Å². The molecular weight excluding hydrogens is 296 g/mol. The minimum Gasteiger partial charge on any atom is -0.392 e. The molecule has 1 fully saturated rings. The van der Waals surface area contributed by atoms with E-state index in [9.17, 15) is 9.90 Å². The highest BCUT2D eigenvalue weighted by Gasteiger charge is 2.26. The van der Waals surface area contributed by atoms with Gasteiger partial charge in [-0.3, -0.25) is 0 Å². The van der Waals surface area contributed by atoms with Crippen LogP contribution in [-0.2, 0) is 0 Å². The van der Waals surface area contributed by atoms with Crippen molar-refractivity contribution in [1.82, 2.24) is 20.4 Å². The number of hydrogen-bond acceptors (Lipinski definition) is 5. The SMILES string of the molecule is CC(O)CN(C(=O)NC(C)c1nc(C2CCCC2)no1)C(C)C. The molecule has 0 spiro atoms. The van der Waals surface area contributed by atoms with Gasteiger partial charge in [0.15, 0.2) is 5.82 Å². The molecule has 2 N–H and O–H groups in total. The Balaban J connectivity index is 1.97. The third-order valence-corrected chi connectivity index (χ3v) is 4.23. The summed E-state index contributed by atoms with van der Waals surface area (Å²) in [6.45, 7) is 7.60. The number of nitrogens with zero attached hydrogens (tertiary/aromatic N) is 3. The van der Waals surface area contributed by atoms with E-state index in [1.165, 1.54) is 12.8 Å². The van der Waals surface area contributed by atoms with Crippen LogP contribution in [0.3, 0.4) is 0 Å². The van der Waals surface area contributed by atoms with Crippen LogP contribution in [0.5, 0.6) is 0 Å². The van der Waals surface area contributed by atoms with Crippen LogP contribution < -0.4 is 5.32 Å². The van der Waals surface area contributed by atoms with Gasteiger partial charge in [0.1, 0.15) is 6.04 Å². The molecule has 7 heteroatoms. The first kappa shape index (κ1) is 17.7. The molecule has 1 aliphatic carbocycles. The third-order valence-electron chi connectivity index (χ3n) is 4.23. The molecule has 23 heavy (non-hydrogen) atoms. The second-order valence-electron chi connectivity index (χ2n) is 6.74. The molecule has 0 saturated heterocycles. The molecule has 7 nitrogen and oxygen atoms in total. The van der Waals surface area contributed by atoms with Crippen LogP contribution >= 0.6 is 0 Å². The van der Waals surface area contributed by atoms with Crippen LogP contribution in [-0.4, -0.2) is 44.9 Å². The van der Waals surface area contributed by atoms with Crippen LogP contribution in [0.1, 0.15) is 77.1 Å². The lowest BCUT2D eigenvalue weighted by Crippen LogP contribution is -2.47. The summed E-state index contributed by atoms with van der Waals surface area (Å²) < 4.78 is 5.32. The molecular formula is C16H28N4O3. The van der Waals surface area contributed by atoms with E-state index in [-0.39, 0.29) is 24.7 Å². The van der Waals surface area contributed by atoms with Gasteiger partial charge in [-0.05, 0) is 40.5 Å². The van der Waals surface area contributed by atoms with Gasteiger partial charge in [-0.15, -0.1) is 0 Å². The molecule has 0 radical (unpaired) electrons. The summed E-state index contributed by atoms with van der Waals surface area (Å²) in [6, 6.07) is -0.608. The minimum absolute atomic E-state index is 0.00599. The second kappa shape index (κ2) is 7.77. The third kappa shape index (κ3) is 4.67. The fourth-order valence-electron chi connectivity index (χ4n) is 2.92. The molecule has 1 aromatic heterocycles. The van der Waals surface area contributed by atoms with Crippen molar-refractivity contribution >= 4 is 6.03 Å². The van der Waals surface area contributed by atoms with Gasteiger partial charge < -0.3 is 19.8 Å². The number of amides is 2. The number of nitrogens with one attached hydrogen (secondary N) is 1. The first-order valence-corrected chi connectivity index (χ1v) is 8.47. The highest BCUT2D eigenvalue weighted by molar-refractivity contribution is 5.74. The van der Waals surface area contributed by atoms with Gasteiger partial charge in [0.05, 0.1) is 6.10 Å². The summed E-state index contributed by atoms with van der Waals surface area (Å²) in [4.78, 5) is 18.4. The molecule has 0 aromatic carbocycles. The molecule has 1 aromatic rings. The normalized spacial score (nSPS) is 18.2. The summed E-state index contributed by atoms with van der Waals surface area (Å²) in [5.74, 6) is 1.57. The number of aliphatic hydroxyl groups is 1. The average molecular weight is 324 g/mol.